The van der Waals surface area contributed by atoms with E-state index in [4.69, 9.17) is 11.6 Å². The maximum absolute atomic E-state index is 12.9. The molecule has 148 valence electrons. The monoisotopic (exact) mass is 419 g/mol. The normalized spacial score (nSPS) is 20.0. The summed E-state index contributed by atoms with van der Waals surface area (Å²) in [6, 6.07) is 13.1. The molecule has 2 aromatic rings. The van der Waals surface area contributed by atoms with Gasteiger partial charge < -0.3 is 4.90 Å². The molecular weight excluding hydrogens is 398 g/mol. The van der Waals surface area contributed by atoms with Crippen molar-refractivity contribution in [2.24, 2.45) is 0 Å². The Morgan fingerprint density at radius 3 is 2.71 bits per heavy atom. The molecular formula is C20H22ClN3O3S. The molecule has 8 heteroatoms. The predicted molar refractivity (Wildman–Crippen MR) is 109 cm³/mol. The average Bonchev–Trinajstić information content (AvgIpc) is 3.15. The highest BCUT2D eigenvalue weighted by molar-refractivity contribution is 7.92. The summed E-state index contributed by atoms with van der Waals surface area (Å²) in [5, 5.41) is 0.440. The largest absolute Gasteiger partial charge is 0.336 e. The fraction of sp³-hybridized carbons (Fsp3) is 0.350. The van der Waals surface area contributed by atoms with Gasteiger partial charge in [0.05, 0.1) is 10.6 Å². The van der Waals surface area contributed by atoms with Crippen LogP contribution in [0.1, 0.15) is 23.2 Å². The third-order valence-corrected chi connectivity index (χ3v) is 6.96. The summed E-state index contributed by atoms with van der Waals surface area (Å²) in [6.07, 6.45) is 2.29. The first-order valence-corrected chi connectivity index (χ1v) is 11.2. The van der Waals surface area contributed by atoms with E-state index in [2.05, 4.69) is 9.62 Å². The fourth-order valence-corrected chi connectivity index (χ4v) is 5.21. The number of benzene rings is 2. The topological polar surface area (TPSA) is 69.7 Å². The lowest BCUT2D eigenvalue weighted by molar-refractivity contribution is 0.0571. The zero-order valence-electron chi connectivity index (χ0n) is 15.3. The number of sulfonamides is 1. The van der Waals surface area contributed by atoms with Crippen molar-refractivity contribution >= 4 is 33.2 Å². The molecule has 2 aliphatic heterocycles. The van der Waals surface area contributed by atoms with Crippen LogP contribution in [0.25, 0.3) is 0 Å². The molecule has 2 fully saturated rings. The van der Waals surface area contributed by atoms with Crippen LogP contribution in [0.5, 0.6) is 0 Å². The zero-order chi connectivity index (χ0) is 19.7. The van der Waals surface area contributed by atoms with Gasteiger partial charge in [0.1, 0.15) is 0 Å². The van der Waals surface area contributed by atoms with E-state index in [1.54, 1.807) is 30.3 Å². The molecule has 0 aromatic heterocycles. The van der Waals surface area contributed by atoms with Gasteiger partial charge >= 0.3 is 0 Å². The maximum atomic E-state index is 12.9. The number of carbonyl (C=O) groups is 1. The summed E-state index contributed by atoms with van der Waals surface area (Å²) in [5.74, 6) is -0.119. The molecule has 1 N–H and O–H groups in total. The second kappa shape index (κ2) is 7.73. The van der Waals surface area contributed by atoms with Crippen LogP contribution in [0, 0.1) is 0 Å². The number of hydrogen-bond donors (Lipinski definition) is 1. The number of halogens is 1. The molecule has 6 nitrogen and oxygen atoms in total. The molecule has 0 spiro atoms. The molecule has 0 radical (unpaired) electrons. The Labute approximate surface area is 170 Å². The molecule has 1 amide bonds. The number of anilines is 1. The van der Waals surface area contributed by atoms with Crippen molar-refractivity contribution in [3.8, 4) is 0 Å². The van der Waals surface area contributed by atoms with E-state index in [0.29, 0.717) is 35.4 Å². The van der Waals surface area contributed by atoms with Crippen LogP contribution in [0.15, 0.2) is 53.4 Å². The van der Waals surface area contributed by atoms with Crippen LogP contribution in [0.3, 0.4) is 0 Å². The van der Waals surface area contributed by atoms with Crippen molar-refractivity contribution in [3.05, 3.63) is 59.1 Å². The van der Waals surface area contributed by atoms with Gasteiger partial charge in [0.15, 0.2) is 0 Å². The number of hydrogen-bond acceptors (Lipinski definition) is 4. The van der Waals surface area contributed by atoms with Crippen molar-refractivity contribution in [1.82, 2.24) is 9.80 Å². The minimum Gasteiger partial charge on any atom is -0.336 e. The van der Waals surface area contributed by atoms with Crippen molar-refractivity contribution in [3.63, 3.8) is 0 Å². The van der Waals surface area contributed by atoms with Crippen molar-refractivity contribution in [2.45, 2.75) is 23.8 Å². The average molecular weight is 420 g/mol. The molecule has 0 saturated carbocycles. The van der Waals surface area contributed by atoms with Gasteiger partial charge in [-0.05, 0) is 55.8 Å². The Balaban J connectivity index is 1.53. The number of rotatable bonds is 4. The van der Waals surface area contributed by atoms with Crippen LogP contribution in [-0.4, -0.2) is 56.3 Å². The van der Waals surface area contributed by atoms with Crippen molar-refractivity contribution < 1.29 is 13.2 Å². The molecule has 28 heavy (non-hydrogen) atoms. The van der Waals surface area contributed by atoms with Gasteiger partial charge in [-0.25, -0.2) is 8.42 Å². The molecule has 2 aromatic carbocycles. The minimum absolute atomic E-state index is 0.0535. The molecule has 1 atom stereocenters. The Bertz CT molecular complexity index is 996. The molecule has 0 bridgehead atoms. The third kappa shape index (κ3) is 4.01. The van der Waals surface area contributed by atoms with Gasteiger partial charge in [-0.15, -0.1) is 0 Å². The molecule has 2 heterocycles. The van der Waals surface area contributed by atoms with Gasteiger partial charge in [0, 0.05) is 36.3 Å². The lowest BCUT2D eigenvalue weighted by Crippen LogP contribution is -2.52. The molecule has 2 saturated heterocycles. The van der Waals surface area contributed by atoms with Gasteiger partial charge in [0.25, 0.3) is 15.9 Å². The van der Waals surface area contributed by atoms with E-state index in [9.17, 15) is 13.2 Å². The lowest BCUT2D eigenvalue weighted by atomic mass is 10.1. The predicted octanol–water partition coefficient (Wildman–Crippen LogP) is 3.06. The van der Waals surface area contributed by atoms with Gasteiger partial charge in [-0.1, -0.05) is 23.7 Å². The number of nitrogens with zero attached hydrogens (tertiary/aromatic N) is 2. The third-order valence-electron chi connectivity index (χ3n) is 5.34. The fourth-order valence-electron chi connectivity index (χ4n) is 3.92. The first-order chi connectivity index (χ1) is 13.4. The standard InChI is InChI=1S/C20H22ClN3O3S/c21-16-5-2-6-17(13-16)22-28(26,27)19-8-1-4-15(12-19)20(25)24-11-10-23-9-3-7-18(23)14-24/h1-2,4-6,8,12-13,18,22H,3,7,9-11,14H2/t18-/m0/s1. The van der Waals surface area contributed by atoms with E-state index in [-0.39, 0.29) is 10.8 Å². The van der Waals surface area contributed by atoms with E-state index >= 15 is 0 Å². The van der Waals surface area contributed by atoms with E-state index in [1.807, 2.05) is 4.90 Å². The molecule has 4 rings (SSSR count). The highest BCUT2D eigenvalue weighted by Crippen LogP contribution is 2.24. The number of carbonyl (C=O) groups excluding carboxylic acids is 1. The Morgan fingerprint density at radius 2 is 1.89 bits per heavy atom. The highest BCUT2D eigenvalue weighted by atomic mass is 35.5. The number of fused-ring (bicyclic) bond motifs is 1. The van der Waals surface area contributed by atoms with Crippen LogP contribution in [-0.2, 0) is 10.0 Å². The highest BCUT2D eigenvalue weighted by Gasteiger charge is 2.33. The summed E-state index contributed by atoms with van der Waals surface area (Å²) in [4.78, 5) is 17.3. The molecule has 0 unspecified atom stereocenters. The summed E-state index contributed by atoms with van der Waals surface area (Å²) >= 11 is 5.92. The second-order valence-electron chi connectivity index (χ2n) is 7.23. The minimum atomic E-state index is -3.82. The van der Waals surface area contributed by atoms with Crippen molar-refractivity contribution in [1.29, 1.82) is 0 Å². The number of nitrogens with one attached hydrogen (secondary N) is 1. The van der Waals surface area contributed by atoms with Gasteiger partial charge in [-0.3, -0.25) is 14.4 Å². The van der Waals surface area contributed by atoms with Crippen molar-refractivity contribution in [2.75, 3.05) is 30.9 Å². The molecule has 0 aliphatic carbocycles. The lowest BCUT2D eigenvalue weighted by Gasteiger charge is -2.37. The Morgan fingerprint density at radius 1 is 1.07 bits per heavy atom. The van der Waals surface area contributed by atoms with Crippen LogP contribution in [0.4, 0.5) is 5.69 Å². The summed E-state index contributed by atoms with van der Waals surface area (Å²) in [5.41, 5.74) is 0.766. The number of piperazine rings is 1. The Hall–Kier alpha value is -2.09. The summed E-state index contributed by atoms with van der Waals surface area (Å²) in [7, 11) is -3.82. The molecule has 2 aliphatic rings. The SMILES string of the molecule is O=C(c1cccc(S(=O)(=O)Nc2cccc(Cl)c2)c1)N1CCN2CCC[C@H]2C1. The second-order valence-corrected chi connectivity index (χ2v) is 9.35. The zero-order valence-corrected chi connectivity index (χ0v) is 16.9. The first-order valence-electron chi connectivity index (χ1n) is 9.34. The summed E-state index contributed by atoms with van der Waals surface area (Å²) < 4.78 is 28.0. The van der Waals surface area contributed by atoms with Crippen LogP contribution >= 0.6 is 11.6 Å². The van der Waals surface area contributed by atoms with Crippen LogP contribution in [0.2, 0.25) is 5.02 Å². The maximum Gasteiger partial charge on any atom is 0.261 e. The smallest absolute Gasteiger partial charge is 0.261 e. The van der Waals surface area contributed by atoms with Gasteiger partial charge in [0.2, 0.25) is 0 Å². The Kier molecular flexibility index (Phi) is 5.31. The van der Waals surface area contributed by atoms with Crippen LogP contribution < -0.4 is 4.72 Å². The number of amides is 1. The van der Waals surface area contributed by atoms with E-state index in [1.165, 1.54) is 24.6 Å². The summed E-state index contributed by atoms with van der Waals surface area (Å²) in [6.45, 7) is 3.37. The van der Waals surface area contributed by atoms with E-state index in [0.717, 1.165) is 19.5 Å². The van der Waals surface area contributed by atoms with E-state index < -0.39 is 10.0 Å². The van der Waals surface area contributed by atoms with Gasteiger partial charge in [-0.2, -0.15) is 0 Å². The quantitative estimate of drug-likeness (QED) is 0.826. The first kappa shape index (κ1) is 19.2.